The van der Waals surface area contributed by atoms with Crippen LogP contribution in [0.3, 0.4) is 0 Å². The molecule has 144 valence electrons. The van der Waals surface area contributed by atoms with Gasteiger partial charge in [-0.25, -0.2) is 0 Å². The molecule has 0 fully saturated rings. The third kappa shape index (κ3) is 4.70. The molecule has 0 amide bonds. The number of ether oxygens (including phenoxy) is 2. The molecule has 0 aliphatic heterocycles. The van der Waals surface area contributed by atoms with Crippen LogP contribution in [0.4, 0.5) is 0 Å². The minimum absolute atomic E-state index is 0.0756. The molecule has 0 aliphatic carbocycles. The first-order valence-electron chi connectivity index (χ1n) is 8.74. The lowest BCUT2D eigenvalue weighted by atomic mass is 10.1. The van der Waals surface area contributed by atoms with Crippen molar-refractivity contribution in [2.24, 2.45) is 7.05 Å². The van der Waals surface area contributed by atoms with Gasteiger partial charge in [0.25, 0.3) is 0 Å². The van der Waals surface area contributed by atoms with E-state index in [1.54, 1.807) is 30.1 Å². The van der Waals surface area contributed by atoms with Crippen LogP contribution in [0.15, 0.2) is 59.2 Å². The van der Waals surface area contributed by atoms with E-state index >= 15 is 0 Å². The van der Waals surface area contributed by atoms with Crippen LogP contribution in [0.25, 0.3) is 6.08 Å². The van der Waals surface area contributed by atoms with Crippen molar-refractivity contribution < 1.29 is 14.3 Å². The predicted octanol–water partition coefficient (Wildman–Crippen LogP) is 4.97. The number of aromatic nitrogens is 2. The lowest BCUT2D eigenvalue weighted by Gasteiger charge is -2.11. The summed E-state index contributed by atoms with van der Waals surface area (Å²) in [6.07, 6.45) is 4.94. The van der Waals surface area contributed by atoms with Crippen LogP contribution in [0.5, 0.6) is 11.5 Å². The molecule has 0 saturated carbocycles. The number of hydrogen-bond donors (Lipinski definition) is 0. The molecule has 3 aromatic rings. The van der Waals surface area contributed by atoms with Crippen molar-refractivity contribution in [3.05, 3.63) is 81.6 Å². The van der Waals surface area contributed by atoms with Gasteiger partial charge in [-0.05, 0) is 48.9 Å². The van der Waals surface area contributed by atoms with Crippen molar-refractivity contribution in [1.29, 1.82) is 0 Å². The van der Waals surface area contributed by atoms with Crippen LogP contribution in [0, 0.1) is 6.92 Å². The Hall–Kier alpha value is -2.86. The third-order valence-corrected chi connectivity index (χ3v) is 4.92. The molecule has 6 heteroatoms. The van der Waals surface area contributed by atoms with Crippen LogP contribution >= 0.6 is 15.9 Å². The zero-order valence-corrected chi connectivity index (χ0v) is 17.6. The number of nitrogens with zero attached hydrogens (tertiary/aromatic N) is 2. The molecule has 0 atom stereocenters. The Labute approximate surface area is 172 Å². The summed E-state index contributed by atoms with van der Waals surface area (Å²) in [5.41, 5.74) is 3.23. The Kier molecular flexibility index (Phi) is 6.31. The predicted molar refractivity (Wildman–Crippen MR) is 113 cm³/mol. The van der Waals surface area contributed by atoms with Crippen molar-refractivity contribution in [3.8, 4) is 11.5 Å². The monoisotopic (exact) mass is 440 g/mol. The second kappa shape index (κ2) is 8.89. The van der Waals surface area contributed by atoms with Crippen LogP contribution in [0.2, 0.25) is 0 Å². The van der Waals surface area contributed by atoms with Gasteiger partial charge in [0.1, 0.15) is 18.1 Å². The largest absolute Gasteiger partial charge is 0.496 e. The van der Waals surface area contributed by atoms with Gasteiger partial charge in [0.05, 0.1) is 18.9 Å². The van der Waals surface area contributed by atoms with E-state index in [2.05, 4.69) is 21.0 Å². The summed E-state index contributed by atoms with van der Waals surface area (Å²) in [6, 6.07) is 13.4. The van der Waals surface area contributed by atoms with Crippen molar-refractivity contribution in [3.63, 3.8) is 0 Å². The fraction of sp³-hybridized carbons (Fsp3) is 0.182. The lowest BCUT2D eigenvalue weighted by Crippen LogP contribution is -2.00. The number of allylic oxidation sites excluding steroid dienone is 1. The first-order valence-corrected chi connectivity index (χ1v) is 9.53. The first kappa shape index (κ1) is 19.9. The normalized spacial score (nSPS) is 11.0. The van der Waals surface area contributed by atoms with E-state index < -0.39 is 0 Å². The number of aryl methyl sites for hydroxylation is 1. The Bertz CT molecular complexity index is 1020. The number of carbonyl (C=O) groups is 1. The Morgan fingerprint density at radius 2 is 2.07 bits per heavy atom. The SMILES string of the molecule is COc1ccc(/C=C/C(=O)c2cnn(C)c2C)cc1COc1cccc(Br)c1. The molecular weight excluding hydrogens is 420 g/mol. The van der Waals surface area contributed by atoms with Crippen LogP contribution in [-0.2, 0) is 13.7 Å². The molecule has 0 bridgehead atoms. The van der Waals surface area contributed by atoms with E-state index in [1.807, 2.05) is 56.4 Å². The Balaban J connectivity index is 1.76. The fourth-order valence-corrected chi connectivity index (χ4v) is 3.11. The van der Waals surface area contributed by atoms with Gasteiger partial charge in [0, 0.05) is 22.8 Å². The number of methoxy groups -OCH3 is 1. The first-order chi connectivity index (χ1) is 13.5. The second-order valence-electron chi connectivity index (χ2n) is 6.28. The van der Waals surface area contributed by atoms with Gasteiger partial charge in [-0.3, -0.25) is 9.48 Å². The van der Waals surface area contributed by atoms with Crippen LogP contribution < -0.4 is 9.47 Å². The summed E-state index contributed by atoms with van der Waals surface area (Å²) in [5, 5.41) is 4.11. The van der Waals surface area contributed by atoms with E-state index in [0.29, 0.717) is 12.2 Å². The number of carbonyl (C=O) groups excluding carboxylic acids is 1. The average molecular weight is 441 g/mol. The maximum Gasteiger partial charge on any atom is 0.189 e. The molecule has 1 heterocycles. The highest BCUT2D eigenvalue weighted by Gasteiger charge is 2.10. The second-order valence-corrected chi connectivity index (χ2v) is 7.20. The van der Waals surface area contributed by atoms with Gasteiger partial charge in [0.2, 0.25) is 0 Å². The highest BCUT2D eigenvalue weighted by molar-refractivity contribution is 9.10. The quantitative estimate of drug-likeness (QED) is 0.384. The smallest absolute Gasteiger partial charge is 0.189 e. The van der Waals surface area contributed by atoms with Crippen molar-refractivity contribution >= 4 is 27.8 Å². The van der Waals surface area contributed by atoms with Crippen LogP contribution in [-0.4, -0.2) is 22.7 Å². The number of hydrogen-bond acceptors (Lipinski definition) is 4. The fourth-order valence-electron chi connectivity index (χ4n) is 2.74. The summed E-state index contributed by atoms with van der Waals surface area (Å²) in [6.45, 7) is 2.23. The number of halogens is 1. The molecule has 0 radical (unpaired) electrons. The summed E-state index contributed by atoms with van der Waals surface area (Å²) >= 11 is 3.44. The molecule has 0 saturated heterocycles. The summed E-state index contributed by atoms with van der Waals surface area (Å²) < 4.78 is 13.9. The van der Waals surface area contributed by atoms with Gasteiger partial charge < -0.3 is 9.47 Å². The molecular formula is C22H21BrN2O3. The van der Waals surface area contributed by atoms with Gasteiger partial charge >= 0.3 is 0 Å². The molecule has 0 N–H and O–H groups in total. The van der Waals surface area contributed by atoms with Crippen LogP contribution in [0.1, 0.15) is 27.2 Å². The Morgan fingerprint density at radius 1 is 1.25 bits per heavy atom. The minimum Gasteiger partial charge on any atom is -0.496 e. The maximum absolute atomic E-state index is 12.4. The number of ketones is 1. The van der Waals surface area contributed by atoms with E-state index in [1.165, 1.54) is 0 Å². The molecule has 0 aliphatic rings. The molecule has 3 rings (SSSR count). The van der Waals surface area contributed by atoms with Gasteiger partial charge in [-0.1, -0.05) is 34.1 Å². The molecule has 0 unspecified atom stereocenters. The number of benzene rings is 2. The minimum atomic E-state index is -0.0756. The molecule has 1 aromatic heterocycles. The van der Waals surface area contributed by atoms with Gasteiger partial charge in [-0.2, -0.15) is 5.10 Å². The van der Waals surface area contributed by atoms with Crippen molar-refractivity contribution in [1.82, 2.24) is 9.78 Å². The molecule has 5 nitrogen and oxygen atoms in total. The maximum atomic E-state index is 12.4. The Morgan fingerprint density at radius 3 is 2.75 bits per heavy atom. The zero-order valence-electron chi connectivity index (χ0n) is 16.0. The molecule has 2 aromatic carbocycles. The van der Waals surface area contributed by atoms with E-state index in [4.69, 9.17) is 9.47 Å². The summed E-state index contributed by atoms with van der Waals surface area (Å²) in [7, 11) is 3.44. The van der Waals surface area contributed by atoms with E-state index in [0.717, 1.165) is 32.8 Å². The van der Waals surface area contributed by atoms with E-state index in [-0.39, 0.29) is 5.78 Å². The average Bonchev–Trinajstić information content (AvgIpc) is 3.03. The van der Waals surface area contributed by atoms with Gasteiger partial charge in [0.15, 0.2) is 5.78 Å². The van der Waals surface area contributed by atoms with Crippen molar-refractivity contribution in [2.75, 3.05) is 7.11 Å². The third-order valence-electron chi connectivity index (χ3n) is 4.42. The molecule has 28 heavy (non-hydrogen) atoms. The zero-order chi connectivity index (χ0) is 20.1. The highest BCUT2D eigenvalue weighted by Crippen LogP contribution is 2.24. The van der Waals surface area contributed by atoms with Gasteiger partial charge in [-0.15, -0.1) is 0 Å². The van der Waals surface area contributed by atoms with Crippen molar-refractivity contribution in [2.45, 2.75) is 13.5 Å². The highest BCUT2D eigenvalue weighted by atomic mass is 79.9. The standard InChI is InChI=1S/C22H21BrN2O3/c1-15-20(13-24-25(15)2)21(26)9-7-16-8-10-22(27-3)17(11-16)14-28-19-6-4-5-18(23)12-19/h4-13H,14H2,1-3H3/b9-7+. The molecule has 0 spiro atoms. The summed E-state index contributed by atoms with van der Waals surface area (Å²) in [5.74, 6) is 1.43. The number of rotatable bonds is 7. The summed E-state index contributed by atoms with van der Waals surface area (Å²) in [4.78, 5) is 12.4. The van der Waals surface area contributed by atoms with E-state index in [9.17, 15) is 4.79 Å². The topological polar surface area (TPSA) is 53.3 Å². The lowest BCUT2D eigenvalue weighted by molar-refractivity contribution is 0.104.